The fourth-order valence-electron chi connectivity index (χ4n) is 2.67. The molecule has 7 heteroatoms. The number of halogens is 1. The number of benzene rings is 1. The first kappa shape index (κ1) is 18.7. The lowest BCUT2D eigenvalue weighted by atomic mass is 9.98. The number of aromatic amines is 1. The van der Waals surface area contributed by atoms with Crippen LogP contribution in [0.2, 0.25) is 0 Å². The third-order valence-corrected chi connectivity index (χ3v) is 4.25. The number of Topliss-reactive ketones (excluding diaryl/α,β-unsaturated/α-hetero) is 1. The predicted octanol–water partition coefficient (Wildman–Crippen LogP) is 3.99. The van der Waals surface area contributed by atoms with E-state index in [0.717, 1.165) is 0 Å². The summed E-state index contributed by atoms with van der Waals surface area (Å²) in [6, 6.07) is 8.05. The number of H-pyrrole nitrogens is 1. The first-order chi connectivity index (χ1) is 13.0. The molecule has 1 aromatic carbocycles. The van der Waals surface area contributed by atoms with Crippen LogP contribution in [0.25, 0.3) is 11.3 Å². The van der Waals surface area contributed by atoms with E-state index in [1.165, 1.54) is 12.3 Å². The Morgan fingerprint density at radius 1 is 1.33 bits per heavy atom. The van der Waals surface area contributed by atoms with E-state index in [1.807, 2.05) is 19.1 Å². The van der Waals surface area contributed by atoms with Crippen LogP contribution in [0.5, 0.6) is 0 Å². The minimum Gasteiger partial charge on any atom is -0.364 e. The van der Waals surface area contributed by atoms with Gasteiger partial charge in [0.2, 0.25) is 0 Å². The molecule has 140 valence electrons. The number of hydrogen-bond acceptors (Lipinski definition) is 5. The number of nitrogens with one attached hydrogen (secondary N) is 1. The summed E-state index contributed by atoms with van der Waals surface area (Å²) in [5, 5.41) is 3.62. The zero-order valence-electron chi connectivity index (χ0n) is 15.0. The molecule has 0 fully saturated rings. The molecule has 0 spiro atoms. The highest BCUT2D eigenvalue weighted by molar-refractivity contribution is 5.93. The van der Waals surface area contributed by atoms with E-state index >= 15 is 0 Å². The quantitative estimate of drug-likeness (QED) is 0.463. The summed E-state index contributed by atoms with van der Waals surface area (Å²) in [5.41, 5.74) is 6.99. The summed E-state index contributed by atoms with van der Waals surface area (Å²) in [6.45, 7) is 1.85. The molecular formula is C20H21FN4O2. The van der Waals surface area contributed by atoms with Crippen LogP contribution < -0.4 is 5.73 Å². The van der Waals surface area contributed by atoms with Crippen LogP contribution >= 0.6 is 0 Å². The van der Waals surface area contributed by atoms with E-state index in [-0.39, 0.29) is 11.6 Å². The van der Waals surface area contributed by atoms with Gasteiger partial charge in [-0.2, -0.15) is 0 Å². The number of imidazole rings is 1. The van der Waals surface area contributed by atoms with Gasteiger partial charge in [-0.1, -0.05) is 29.4 Å². The van der Waals surface area contributed by atoms with Crippen LogP contribution in [-0.2, 0) is 5.54 Å². The summed E-state index contributed by atoms with van der Waals surface area (Å²) < 4.78 is 18.6. The van der Waals surface area contributed by atoms with Gasteiger partial charge in [-0.15, -0.1) is 0 Å². The van der Waals surface area contributed by atoms with Gasteiger partial charge in [0.25, 0.3) is 0 Å². The van der Waals surface area contributed by atoms with Gasteiger partial charge in [0.05, 0.1) is 17.4 Å². The minimum absolute atomic E-state index is 0.0653. The molecule has 0 bridgehead atoms. The van der Waals surface area contributed by atoms with Gasteiger partial charge >= 0.3 is 0 Å². The third-order valence-electron chi connectivity index (χ3n) is 4.25. The highest BCUT2D eigenvalue weighted by Crippen LogP contribution is 2.25. The molecule has 3 aromatic rings. The second-order valence-electron chi connectivity index (χ2n) is 6.56. The largest absolute Gasteiger partial charge is 0.364 e. The van der Waals surface area contributed by atoms with Crippen LogP contribution in [0, 0.1) is 5.82 Å². The molecule has 3 rings (SSSR count). The fourth-order valence-corrected chi connectivity index (χ4v) is 2.67. The molecule has 0 aliphatic rings. The molecule has 2 aromatic heterocycles. The first-order valence-electron chi connectivity index (χ1n) is 8.65. The second-order valence-corrected chi connectivity index (χ2v) is 6.56. The molecule has 27 heavy (non-hydrogen) atoms. The monoisotopic (exact) mass is 368 g/mol. The highest BCUT2D eigenvalue weighted by atomic mass is 19.1. The highest BCUT2D eigenvalue weighted by Gasteiger charge is 2.24. The van der Waals surface area contributed by atoms with Crippen molar-refractivity contribution in [2.45, 2.75) is 31.7 Å². The van der Waals surface area contributed by atoms with Crippen molar-refractivity contribution in [1.82, 2.24) is 15.1 Å². The number of allylic oxidation sites excluding steroid dienone is 1. The molecule has 0 saturated carbocycles. The summed E-state index contributed by atoms with van der Waals surface area (Å²) in [7, 11) is 0. The summed E-state index contributed by atoms with van der Waals surface area (Å²) >= 11 is 0. The number of carbonyl (C=O) groups excluding carboxylic acids is 1. The van der Waals surface area contributed by atoms with Crippen molar-refractivity contribution in [3.63, 3.8) is 0 Å². The van der Waals surface area contributed by atoms with Gasteiger partial charge in [-0.05, 0) is 31.9 Å². The molecule has 0 aliphatic heterocycles. The lowest BCUT2D eigenvalue weighted by molar-refractivity contribution is 0.0975. The number of hydrogen-bond donors (Lipinski definition) is 2. The number of nitrogens with two attached hydrogens (primary N) is 1. The van der Waals surface area contributed by atoms with E-state index in [0.29, 0.717) is 42.0 Å². The lowest BCUT2D eigenvalue weighted by Gasteiger charge is -2.20. The summed E-state index contributed by atoms with van der Waals surface area (Å²) in [6.07, 6.45) is 8.24. The van der Waals surface area contributed by atoms with Gasteiger partial charge < -0.3 is 15.2 Å². The van der Waals surface area contributed by atoms with Crippen LogP contribution in [0.1, 0.15) is 42.5 Å². The molecular weight excluding hydrogens is 347 g/mol. The number of carbonyl (C=O) groups is 1. The number of nitrogens with zero attached hydrogens (tertiary/aromatic N) is 2. The van der Waals surface area contributed by atoms with Crippen molar-refractivity contribution in [1.29, 1.82) is 0 Å². The summed E-state index contributed by atoms with van der Waals surface area (Å²) in [4.78, 5) is 19.2. The molecule has 2 heterocycles. The summed E-state index contributed by atoms with van der Waals surface area (Å²) in [5.74, 6) is 0.191. The van der Waals surface area contributed by atoms with Crippen molar-refractivity contribution in [2.24, 2.45) is 5.73 Å². The smallest absolute Gasteiger partial charge is 0.185 e. The average Bonchev–Trinajstić information content (AvgIpc) is 3.34. The Bertz CT molecular complexity index is 929. The van der Waals surface area contributed by atoms with E-state index < -0.39 is 5.54 Å². The third kappa shape index (κ3) is 4.57. The Labute approximate surface area is 156 Å². The Morgan fingerprint density at radius 2 is 2.15 bits per heavy atom. The normalized spacial score (nSPS) is 13.7. The Kier molecular flexibility index (Phi) is 5.61. The van der Waals surface area contributed by atoms with Crippen molar-refractivity contribution < 1.29 is 13.7 Å². The number of rotatable bonds is 8. The standard InChI is InChI=1S/C20H21FN4O2/c1-20(22,11-6-2-3-9-18(26)16-10-12-27-25-16)19-23-13-17(24-19)14-7-4-5-8-15(14)21/h2,4-8,10,12-13H,3,9,11,22H2,1H3,(H,23,24)/b6-2+/t20-/m0/s1. The molecule has 0 radical (unpaired) electrons. The van der Waals surface area contributed by atoms with E-state index in [2.05, 4.69) is 19.6 Å². The topological polar surface area (TPSA) is 97.8 Å². The molecule has 6 nitrogen and oxygen atoms in total. The van der Waals surface area contributed by atoms with E-state index in [9.17, 15) is 9.18 Å². The van der Waals surface area contributed by atoms with E-state index in [4.69, 9.17) is 5.73 Å². The van der Waals surface area contributed by atoms with Crippen LogP contribution in [0.4, 0.5) is 4.39 Å². The minimum atomic E-state index is -0.740. The zero-order valence-corrected chi connectivity index (χ0v) is 15.0. The molecule has 0 amide bonds. The van der Waals surface area contributed by atoms with Crippen molar-refractivity contribution in [3.8, 4) is 11.3 Å². The zero-order chi connectivity index (χ0) is 19.3. The maximum Gasteiger partial charge on any atom is 0.185 e. The SMILES string of the molecule is C[C@](N)(C/C=C/CCC(=O)c1ccon1)c1ncc(-c2ccccc2F)[nH]1. The first-order valence-corrected chi connectivity index (χ1v) is 8.65. The molecule has 3 N–H and O–H groups in total. The van der Waals surface area contributed by atoms with Crippen LogP contribution in [0.15, 0.2) is 59.5 Å². The molecule has 1 atom stereocenters. The Balaban J connectivity index is 1.57. The predicted molar refractivity (Wildman–Crippen MR) is 99.3 cm³/mol. The Morgan fingerprint density at radius 3 is 2.89 bits per heavy atom. The van der Waals surface area contributed by atoms with Crippen molar-refractivity contribution in [2.75, 3.05) is 0 Å². The second kappa shape index (κ2) is 8.09. The van der Waals surface area contributed by atoms with Gasteiger partial charge in [0, 0.05) is 18.1 Å². The van der Waals surface area contributed by atoms with Crippen molar-refractivity contribution >= 4 is 5.78 Å². The molecule has 0 unspecified atom stereocenters. The lowest BCUT2D eigenvalue weighted by Crippen LogP contribution is -2.33. The maximum absolute atomic E-state index is 13.9. The van der Waals surface area contributed by atoms with Gasteiger partial charge in [-0.3, -0.25) is 4.79 Å². The van der Waals surface area contributed by atoms with Gasteiger partial charge in [0.1, 0.15) is 23.6 Å². The average molecular weight is 368 g/mol. The van der Waals surface area contributed by atoms with Gasteiger partial charge in [0.15, 0.2) is 5.78 Å². The molecule has 0 aliphatic carbocycles. The van der Waals surface area contributed by atoms with E-state index in [1.54, 1.807) is 30.5 Å². The Hall–Kier alpha value is -3.06. The number of ketones is 1. The number of aromatic nitrogens is 3. The maximum atomic E-state index is 13.9. The fraction of sp³-hybridized carbons (Fsp3) is 0.250. The van der Waals surface area contributed by atoms with Gasteiger partial charge in [-0.25, -0.2) is 9.37 Å². The molecule has 0 saturated heterocycles. The van der Waals surface area contributed by atoms with Crippen molar-refractivity contribution in [3.05, 3.63) is 72.3 Å². The van der Waals surface area contributed by atoms with Crippen LogP contribution in [0.3, 0.4) is 0 Å². The van der Waals surface area contributed by atoms with Crippen LogP contribution in [-0.4, -0.2) is 20.9 Å².